The zero-order valence-electron chi connectivity index (χ0n) is 14.7. The van der Waals surface area contributed by atoms with Crippen molar-refractivity contribution in [2.45, 2.75) is 25.9 Å². The molecule has 0 radical (unpaired) electrons. The maximum atomic E-state index is 12.8. The van der Waals surface area contributed by atoms with Gasteiger partial charge in [-0.3, -0.25) is 4.79 Å². The first kappa shape index (κ1) is 16.5. The number of ether oxygens (including phenoxy) is 1. The number of para-hydroxylation sites is 1. The van der Waals surface area contributed by atoms with Gasteiger partial charge in [-0.15, -0.1) is 0 Å². The molecule has 26 heavy (non-hydrogen) atoms. The lowest BCUT2D eigenvalue weighted by molar-refractivity contribution is 0.102. The lowest BCUT2D eigenvalue weighted by Gasteiger charge is -2.11. The van der Waals surface area contributed by atoms with Gasteiger partial charge in [-0.05, 0) is 49.1 Å². The minimum atomic E-state index is -0.124. The second-order valence-corrected chi connectivity index (χ2v) is 6.46. The van der Waals surface area contributed by atoms with E-state index in [0.717, 1.165) is 47.6 Å². The Bertz CT molecular complexity index is 914. The molecule has 2 aromatic carbocycles. The quantitative estimate of drug-likeness (QED) is 0.764. The molecule has 5 nitrogen and oxygen atoms in total. The van der Waals surface area contributed by atoms with Crippen molar-refractivity contribution in [3.05, 3.63) is 77.0 Å². The molecular weight excluding hydrogens is 326 g/mol. The SMILES string of the molecule is COCc1ccc(C(=O)Nc2c3c(nn2-c2ccccc2)CCC3)cc1. The van der Waals surface area contributed by atoms with E-state index >= 15 is 0 Å². The highest BCUT2D eigenvalue weighted by Gasteiger charge is 2.24. The lowest BCUT2D eigenvalue weighted by Crippen LogP contribution is -2.16. The zero-order chi connectivity index (χ0) is 17.9. The van der Waals surface area contributed by atoms with Crippen LogP contribution in [0.3, 0.4) is 0 Å². The van der Waals surface area contributed by atoms with Crippen molar-refractivity contribution in [2.75, 3.05) is 12.4 Å². The van der Waals surface area contributed by atoms with Crippen LogP contribution in [-0.2, 0) is 24.2 Å². The van der Waals surface area contributed by atoms with Crippen molar-refractivity contribution in [3.8, 4) is 5.69 Å². The summed E-state index contributed by atoms with van der Waals surface area (Å²) in [6.45, 7) is 0.538. The number of anilines is 1. The van der Waals surface area contributed by atoms with Crippen molar-refractivity contribution >= 4 is 11.7 Å². The van der Waals surface area contributed by atoms with Gasteiger partial charge in [-0.2, -0.15) is 5.10 Å². The smallest absolute Gasteiger partial charge is 0.256 e. The summed E-state index contributed by atoms with van der Waals surface area (Å²) < 4.78 is 6.96. The van der Waals surface area contributed by atoms with Crippen molar-refractivity contribution in [2.24, 2.45) is 0 Å². The summed E-state index contributed by atoms with van der Waals surface area (Å²) in [7, 11) is 1.66. The molecule has 3 aromatic rings. The van der Waals surface area contributed by atoms with Gasteiger partial charge in [-0.1, -0.05) is 30.3 Å². The van der Waals surface area contributed by atoms with E-state index in [0.29, 0.717) is 12.2 Å². The number of nitrogens with one attached hydrogen (secondary N) is 1. The number of rotatable bonds is 5. The second kappa shape index (κ2) is 7.14. The van der Waals surface area contributed by atoms with E-state index in [1.54, 1.807) is 7.11 Å². The van der Waals surface area contributed by atoms with Gasteiger partial charge in [0.05, 0.1) is 18.0 Å². The third-order valence-electron chi connectivity index (χ3n) is 4.67. The molecule has 1 heterocycles. The van der Waals surface area contributed by atoms with Gasteiger partial charge >= 0.3 is 0 Å². The molecule has 0 aliphatic heterocycles. The largest absolute Gasteiger partial charge is 0.380 e. The van der Waals surface area contributed by atoms with Crippen LogP contribution in [-0.4, -0.2) is 22.8 Å². The molecule has 0 fully saturated rings. The number of carbonyl (C=O) groups excluding carboxylic acids is 1. The highest BCUT2D eigenvalue weighted by molar-refractivity contribution is 6.04. The van der Waals surface area contributed by atoms with Crippen molar-refractivity contribution in [1.29, 1.82) is 0 Å². The monoisotopic (exact) mass is 347 g/mol. The molecule has 0 unspecified atom stereocenters. The molecule has 1 aliphatic carbocycles. The second-order valence-electron chi connectivity index (χ2n) is 6.46. The molecule has 4 rings (SSSR count). The van der Waals surface area contributed by atoms with Gasteiger partial charge in [0.25, 0.3) is 5.91 Å². The summed E-state index contributed by atoms with van der Waals surface area (Å²) in [5.74, 6) is 0.662. The maximum Gasteiger partial charge on any atom is 0.256 e. The molecule has 1 amide bonds. The molecule has 0 saturated carbocycles. The summed E-state index contributed by atoms with van der Waals surface area (Å²) in [6.07, 6.45) is 3.00. The molecular formula is C21H21N3O2. The fourth-order valence-electron chi connectivity index (χ4n) is 3.37. The number of nitrogens with zero attached hydrogens (tertiary/aromatic N) is 2. The van der Waals surface area contributed by atoms with E-state index in [-0.39, 0.29) is 5.91 Å². The van der Waals surface area contributed by atoms with Crippen LogP contribution in [0.25, 0.3) is 5.69 Å². The summed E-state index contributed by atoms with van der Waals surface area (Å²) >= 11 is 0. The van der Waals surface area contributed by atoms with Gasteiger partial charge in [0.2, 0.25) is 0 Å². The van der Waals surface area contributed by atoms with E-state index in [2.05, 4.69) is 5.32 Å². The standard InChI is InChI=1S/C21H21N3O2/c1-26-14-15-10-12-16(13-11-15)21(25)22-20-18-8-5-9-19(18)23-24(20)17-6-3-2-4-7-17/h2-4,6-7,10-13H,5,8-9,14H2,1H3,(H,22,25). The Hall–Kier alpha value is -2.92. The minimum Gasteiger partial charge on any atom is -0.380 e. The number of aromatic nitrogens is 2. The van der Waals surface area contributed by atoms with Crippen LogP contribution in [0, 0.1) is 0 Å². The van der Waals surface area contributed by atoms with Crippen LogP contribution in [0.5, 0.6) is 0 Å². The number of fused-ring (bicyclic) bond motifs is 1. The van der Waals surface area contributed by atoms with Crippen LogP contribution < -0.4 is 5.32 Å². The Labute approximate surface area is 152 Å². The molecule has 0 saturated heterocycles. The Balaban J connectivity index is 1.64. The summed E-state index contributed by atoms with van der Waals surface area (Å²) in [6, 6.07) is 17.4. The van der Waals surface area contributed by atoms with E-state index in [1.165, 1.54) is 0 Å². The first-order valence-electron chi connectivity index (χ1n) is 8.81. The molecule has 0 atom stereocenters. The molecule has 5 heteroatoms. The summed E-state index contributed by atoms with van der Waals surface area (Å²) in [5, 5.41) is 7.82. The number of carbonyl (C=O) groups is 1. The van der Waals surface area contributed by atoms with Gasteiger partial charge in [0, 0.05) is 18.2 Å². The molecule has 1 N–H and O–H groups in total. The average Bonchev–Trinajstić information content (AvgIpc) is 3.26. The van der Waals surface area contributed by atoms with Gasteiger partial charge in [-0.25, -0.2) is 4.68 Å². The number of hydrogen-bond donors (Lipinski definition) is 1. The van der Waals surface area contributed by atoms with Crippen LogP contribution in [0.4, 0.5) is 5.82 Å². The van der Waals surface area contributed by atoms with E-state index in [1.807, 2.05) is 59.3 Å². The van der Waals surface area contributed by atoms with Crippen molar-refractivity contribution in [3.63, 3.8) is 0 Å². The van der Waals surface area contributed by atoms with Crippen LogP contribution in [0.1, 0.15) is 33.6 Å². The first-order chi connectivity index (χ1) is 12.8. The first-order valence-corrected chi connectivity index (χ1v) is 8.81. The minimum absolute atomic E-state index is 0.124. The molecule has 132 valence electrons. The topological polar surface area (TPSA) is 56.1 Å². The van der Waals surface area contributed by atoms with E-state index < -0.39 is 0 Å². The fourth-order valence-corrected chi connectivity index (χ4v) is 3.37. The predicted octanol–water partition coefficient (Wildman–Crippen LogP) is 3.76. The highest BCUT2D eigenvalue weighted by Crippen LogP contribution is 2.31. The maximum absolute atomic E-state index is 12.8. The zero-order valence-corrected chi connectivity index (χ0v) is 14.7. The van der Waals surface area contributed by atoms with Gasteiger partial charge < -0.3 is 10.1 Å². The van der Waals surface area contributed by atoms with E-state index in [9.17, 15) is 4.79 Å². The number of hydrogen-bond acceptors (Lipinski definition) is 3. The highest BCUT2D eigenvalue weighted by atomic mass is 16.5. The Morgan fingerprint density at radius 3 is 2.62 bits per heavy atom. The number of amides is 1. The normalized spacial score (nSPS) is 12.8. The van der Waals surface area contributed by atoms with Crippen LogP contribution in [0.15, 0.2) is 54.6 Å². The number of aryl methyl sites for hydroxylation is 1. The van der Waals surface area contributed by atoms with Crippen molar-refractivity contribution in [1.82, 2.24) is 9.78 Å². The Kier molecular flexibility index (Phi) is 4.54. The molecule has 1 aliphatic rings. The fraction of sp³-hybridized carbons (Fsp3) is 0.238. The van der Waals surface area contributed by atoms with E-state index in [4.69, 9.17) is 9.84 Å². The van der Waals surface area contributed by atoms with Crippen LogP contribution in [0.2, 0.25) is 0 Å². The molecule has 1 aromatic heterocycles. The average molecular weight is 347 g/mol. The van der Waals surface area contributed by atoms with Crippen molar-refractivity contribution < 1.29 is 9.53 Å². The summed E-state index contributed by atoms with van der Waals surface area (Å²) in [4.78, 5) is 12.8. The molecule has 0 spiro atoms. The predicted molar refractivity (Wildman–Crippen MR) is 101 cm³/mol. The Morgan fingerprint density at radius 1 is 1.12 bits per heavy atom. The third kappa shape index (κ3) is 3.13. The lowest BCUT2D eigenvalue weighted by atomic mass is 10.1. The Morgan fingerprint density at radius 2 is 1.88 bits per heavy atom. The van der Waals surface area contributed by atoms with Crippen LogP contribution >= 0.6 is 0 Å². The van der Waals surface area contributed by atoms with Gasteiger partial charge in [0.15, 0.2) is 0 Å². The summed E-state index contributed by atoms with van der Waals surface area (Å²) in [5.41, 5.74) is 4.85. The third-order valence-corrected chi connectivity index (χ3v) is 4.67. The van der Waals surface area contributed by atoms with Gasteiger partial charge in [0.1, 0.15) is 5.82 Å². The number of benzene rings is 2. The number of methoxy groups -OCH3 is 1. The molecule has 0 bridgehead atoms.